The molecule has 0 unspecified atom stereocenters. The predicted molar refractivity (Wildman–Crippen MR) is 48.1 cm³/mol. The van der Waals surface area contributed by atoms with E-state index in [0.29, 0.717) is 0 Å². The second kappa shape index (κ2) is 4.74. The Balaban J connectivity index is 3.02. The van der Waals surface area contributed by atoms with Crippen LogP contribution in [0.15, 0.2) is 18.2 Å². The lowest BCUT2D eigenvalue weighted by Crippen LogP contribution is -2.15. The van der Waals surface area contributed by atoms with Crippen molar-refractivity contribution in [2.45, 2.75) is 0 Å². The molecular formula is C9H10NO5-. The van der Waals surface area contributed by atoms with Crippen LogP contribution >= 0.6 is 0 Å². The van der Waals surface area contributed by atoms with Crippen molar-refractivity contribution in [3.63, 3.8) is 0 Å². The van der Waals surface area contributed by atoms with Gasteiger partial charge < -0.3 is 9.84 Å². The van der Waals surface area contributed by atoms with E-state index in [2.05, 4.69) is 4.74 Å². The number of methoxy groups -OCH3 is 1. The van der Waals surface area contributed by atoms with Gasteiger partial charge in [0.05, 0.1) is 5.69 Å². The van der Waals surface area contributed by atoms with Crippen LogP contribution in [0.5, 0.6) is 5.75 Å². The average Bonchev–Trinajstić information content (AvgIpc) is 2.18. The highest BCUT2D eigenvalue weighted by molar-refractivity contribution is 5.98. The van der Waals surface area contributed by atoms with Crippen molar-refractivity contribution in [3.8, 4) is 5.75 Å². The van der Waals surface area contributed by atoms with E-state index in [1.165, 1.54) is 13.2 Å². The van der Waals surface area contributed by atoms with Crippen molar-refractivity contribution in [1.82, 2.24) is 0 Å². The Morgan fingerprint density at radius 2 is 2.20 bits per heavy atom. The summed E-state index contributed by atoms with van der Waals surface area (Å²) in [5, 5.41) is 28.1. The maximum Gasteiger partial charge on any atom is 0.188 e. The van der Waals surface area contributed by atoms with Crippen LogP contribution in [-0.4, -0.2) is 29.9 Å². The summed E-state index contributed by atoms with van der Waals surface area (Å²) in [6.45, 7) is -0.130. The molecule has 2 N–H and O–H groups in total. The van der Waals surface area contributed by atoms with E-state index < -0.39 is 5.75 Å². The molecule has 1 aromatic carbocycles. The van der Waals surface area contributed by atoms with Crippen molar-refractivity contribution < 1.29 is 25.1 Å². The van der Waals surface area contributed by atoms with E-state index in [1.807, 2.05) is 0 Å². The number of hydrogen-bond donors (Lipinski definition) is 2. The summed E-state index contributed by atoms with van der Waals surface area (Å²) in [6, 6.07) is 3.47. The van der Waals surface area contributed by atoms with Gasteiger partial charge >= 0.3 is 0 Å². The smallest absolute Gasteiger partial charge is 0.188 e. The van der Waals surface area contributed by atoms with Crippen LogP contribution in [0.25, 0.3) is 0 Å². The molecular weight excluding hydrogens is 202 g/mol. The minimum absolute atomic E-state index is 0.130. The number of Topliss-reactive ketones (excluding diaryl/α,β-unsaturated/α-hetero) is 1. The van der Waals surface area contributed by atoms with Gasteiger partial charge in [0, 0.05) is 12.7 Å². The maximum atomic E-state index is 11.3. The first-order valence-electron chi connectivity index (χ1n) is 4.07. The molecule has 6 heteroatoms. The number of carbonyl (C=O) groups is 1. The third-order valence-electron chi connectivity index (χ3n) is 1.77. The van der Waals surface area contributed by atoms with Crippen molar-refractivity contribution in [2.75, 3.05) is 18.9 Å². The van der Waals surface area contributed by atoms with Crippen molar-refractivity contribution >= 4 is 11.5 Å². The Kier molecular flexibility index (Phi) is 3.62. The number of anilines is 1. The fourth-order valence-electron chi connectivity index (χ4n) is 1.06. The number of benzene rings is 1. The Hall–Kier alpha value is -1.63. The Bertz CT molecular complexity index is 364. The Morgan fingerprint density at radius 1 is 1.53 bits per heavy atom. The zero-order valence-electron chi connectivity index (χ0n) is 8.01. The highest BCUT2D eigenvalue weighted by atomic mass is 16.8. The highest BCUT2D eigenvalue weighted by Crippen LogP contribution is 2.23. The normalized spacial score (nSPS) is 10.1. The van der Waals surface area contributed by atoms with Gasteiger partial charge in [0.2, 0.25) is 0 Å². The fourth-order valence-corrected chi connectivity index (χ4v) is 1.06. The zero-order valence-corrected chi connectivity index (χ0v) is 8.01. The molecule has 0 aliphatic heterocycles. The molecule has 0 fully saturated rings. The lowest BCUT2D eigenvalue weighted by Gasteiger charge is -2.17. The average molecular weight is 212 g/mol. The Labute approximate surface area is 85.9 Å². The number of ether oxygens (including phenoxy) is 1. The van der Waals surface area contributed by atoms with Crippen molar-refractivity contribution in [3.05, 3.63) is 23.8 Å². The van der Waals surface area contributed by atoms with E-state index in [4.69, 9.17) is 10.4 Å². The molecule has 0 heterocycles. The highest BCUT2D eigenvalue weighted by Gasteiger charge is 2.08. The molecule has 1 aromatic rings. The minimum Gasteiger partial charge on any atom is -0.871 e. The van der Waals surface area contributed by atoms with Crippen LogP contribution in [0.3, 0.4) is 0 Å². The molecule has 1 rings (SSSR count). The summed E-state index contributed by atoms with van der Waals surface area (Å²) in [5.74, 6) is -0.936. The van der Waals surface area contributed by atoms with Gasteiger partial charge in [-0.15, -0.1) is 5.23 Å². The molecule has 6 nitrogen and oxygen atoms in total. The molecule has 0 aliphatic rings. The van der Waals surface area contributed by atoms with E-state index in [-0.39, 0.29) is 28.9 Å². The summed E-state index contributed by atoms with van der Waals surface area (Å²) in [6.07, 6.45) is 0. The molecule has 0 bridgehead atoms. The molecule has 0 amide bonds. The van der Waals surface area contributed by atoms with Crippen LogP contribution in [0.2, 0.25) is 0 Å². The maximum absolute atomic E-state index is 11.3. The van der Waals surface area contributed by atoms with Crippen LogP contribution in [0, 0.1) is 0 Å². The SMILES string of the molecule is COCC(=O)c1ccc([O-])c(N(O)O)c1. The van der Waals surface area contributed by atoms with Crippen molar-refractivity contribution in [2.24, 2.45) is 0 Å². The summed E-state index contributed by atoms with van der Waals surface area (Å²) < 4.78 is 4.62. The van der Waals surface area contributed by atoms with E-state index in [0.717, 1.165) is 12.1 Å². The fraction of sp³-hybridized carbons (Fsp3) is 0.222. The molecule has 0 atom stereocenters. The van der Waals surface area contributed by atoms with Gasteiger partial charge in [0.25, 0.3) is 0 Å². The van der Waals surface area contributed by atoms with Gasteiger partial charge in [0.1, 0.15) is 6.61 Å². The van der Waals surface area contributed by atoms with Gasteiger partial charge in [-0.1, -0.05) is 17.9 Å². The molecule has 0 aliphatic carbocycles. The molecule has 0 radical (unpaired) electrons. The van der Waals surface area contributed by atoms with Gasteiger partial charge in [-0.2, -0.15) is 0 Å². The molecule has 0 saturated carbocycles. The van der Waals surface area contributed by atoms with Crippen LogP contribution < -0.4 is 10.3 Å². The molecule has 82 valence electrons. The van der Waals surface area contributed by atoms with Crippen LogP contribution in [-0.2, 0) is 4.74 Å². The van der Waals surface area contributed by atoms with E-state index in [9.17, 15) is 9.90 Å². The lowest BCUT2D eigenvalue weighted by atomic mass is 10.1. The molecule has 15 heavy (non-hydrogen) atoms. The number of nitrogens with zero attached hydrogens (tertiary/aromatic N) is 1. The zero-order chi connectivity index (χ0) is 11.4. The monoisotopic (exact) mass is 212 g/mol. The van der Waals surface area contributed by atoms with Gasteiger partial charge in [-0.25, -0.2) is 0 Å². The molecule has 0 saturated heterocycles. The molecule has 0 spiro atoms. The first kappa shape index (κ1) is 11.4. The number of hydrogen-bond acceptors (Lipinski definition) is 6. The van der Waals surface area contributed by atoms with Gasteiger partial charge in [0.15, 0.2) is 5.78 Å². The third-order valence-corrected chi connectivity index (χ3v) is 1.77. The number of ketones is 1. The second-order valence-corrected chi connectivity index (χ2v) is 2.83. The number of rotatable bonds is 4. The van der Waals surface area contributed by atoms with Crippen molar-refractivity contribution in [1.29, 1.82) is 0 Å². The van der Waals surface area contributed by atoms with Gasteiger partial charge in [-0.05, 0) is 6.07 Å². The second-order valence-electron chi connectivity index (χ2n) is 2.83. The van der Waals surface area contributed by atoms with Crippen LogP contribution in [0.4, 0.5) is 5.69 Å². The first-order chi connectivity index (χ1) is 7.06. The predicted octanol–water partition coefficient (Wildman–Crippen LogP) is 0.174. The number of carbonyl (C=O) groups excluding carboxylic acids is 1. The quantitative estimate of drug-likeness (QED) is 0.546. The Morgan fingerprint density at radius 3 is 2.73 bits per heavy atom. The summed E-state index contributed by atoms with van der Waals surface area (Å²) in [7, 11) is 1.37. The third kappa shape index (κ3) is 2.66. The first-order valence-corrected chi connectivity index (χ1v) is 4.07. The topological polar surface area (TPSA) is 93.1 Å². The van der Waals surface area contributed by atoms with Crippen LogP contribution in [0.1, 0.15) is 10.4 Å². The lowest BCUT2D eigenvalue weighted by molar-refractivity contribution is -0.268. The van der Waals surface area contributed by atoms with E-state index >= 15 is 0 Å². The summed E-state index contributed by atoms with van der Waals surface area (Å²) in [5.41, 5.74) is -0.198. The molecule has 0 aromatic heterocycles. The van der Waals surface area contributed by atoms with Gasteiger partial charge in [-0.3, -0.25) is 15.2 Å². The minimum atomic E-state index is -0.589. The standard InChI is InChI=1S/C9H11NO5/c1-15-5-9(12)6-2-3-8(11)7(4-6)10(13)14/h2-4,11,13-14H,5H2,1H3/p-1. The summed E-state index contributed by atoms with van der Waals surface area (Å²) in [4.78, 5) is 11.3. The largest absolute Gasteiger partial charge is 0.871 e. The van der Waals surface area contributed by atoms with E-state index in [1.54, 1.807) is 0 Å². The summed E-state index contributed by atoms with van der Waals surface area (Å²) >= 11 is 0.